The van der Waals surface area contributed by atoms with E-state index in [9.17, 15) is 5.11 Å². The first-order valence-corrected chi connectivity index (χ1v) is 9.02. The molecule has 2 aromatic carbocycles. The van der Waals surface area contributed by atoms with Gasteiger partial charge in [-0.05, 0) is 42.3 Å². The highest BCUT2D eigenvalue weighted by Crippen LogP contribution is 2.26. The number of hydrogen-bond acceptors (Lipinski definition) is 4. The summed E-state index contributed by atoms with van der Waals surface area (Å²) in [4.78, 5) is 2.37. The molecule has 1 atom stereocenters. The number of benzene rings is 2. The van der Waals surface area contributed by atoms with Gasteiger partial charge in [0.05, 0.1) is 25.9 Å². The molecular formula is C20H24ClNO3. The molecule has 1 heterocycles. The Morgan fingerprint density at radius 1 is 1.24 bits per heavy atom. The van der Waals surface area contributed by atoms with Gasteiger partial charge in [0, 0.05) is 30.2 Å². The fraction of sp³-hybridized carbons (Fsp3) is 0.400. The van der Waals surface area contributed by atoms with Crippen LogP contribution in [0.3, 0.4) is 0 Å². The minimum Gasteiger partial charge on any atom is -0.494 e. The normalized spacial score (nSPS) is 18.3. The zero-order valence-electron chi connectivity index (χ0n) is 14.5. The van der Waals surface area contributed by atoms with E-state index in [4.69, 9.17) is 21.1 Å². The quantitative estimate of drug-likeness (QED) is 0.849. The molecule has 0 spiro atoms. The van der Waals surface area contributed by atoms with Crippen LogP contribution in [0.1, 0.15) is 29.7 Å². The van der Waals surface area contributed by atoms with Gasteiger partial charge in [-0.3, -0.25) is 4.90 Å². The van der Waals surface area contributed by atoms with E-state index < -0.39 is 0 Å². The number of halogens is 1. The van der Waals surface area contributed by atoms with Gasteiger partial charge in [0.1, 0.15) is 5.75 Å². The van der Waals surface area contributed by atoms with E-state index in [0.29, 0.717) is 13.2 Å². The largest absolute Gasteiger partial charge is 0.494 e. The van der Waals surface area contributed by atoms with Crippen molar-refractivity contribution in [3.05, 3.63) is 64.2 Å². The predicted molar refractivity (Wildman–Crippen MR) is 99.0 cm³/mol. The molecule has 1 fully saturated rings. The molecule has 0 radical (unpaired) electrons. The lowest BCUT2D eigenvalue weighted by atomic mass is 10.1. The molecule has 0 bridgehead atoms. The van der Waals surface area contributed by atoms with Crippen LogP contribution in [0.25, 0.3) is 0 Å². The van der Waals surface area contributed by atoms with Gasteiger partial charge >= 0.3 is 0 Å². The van der Waals surface area contributed by atoms with Crippen molar-refractivity contribution < 1.29 is 14.6 Å². The van der Waals surface area contributed by atoms with Gasteiger partial charge in [-0.2, -0.15) is 0 Å². The molecule has 5 heteroatoms. The maximum atomic E-state index is 9.56. The summed E-state index contributed by atoms with van der Waals surface area (Å²) < 4.78 is 11.5. The Morgan fingerprint density at radius 3 is 2.76 bits per heavy atom. The van der Waals surface area contributed by atoms with Crippen LogP contribution in [0, 0.1) is 0 Å². The predicted octanol–water partition coefficient (Wildman–Crippen LogP) is 3.80. The first-order valence-electron chi connectivity index (χ1n) is 8.64. The molecule has 1 saturated heterocycles. The van der Waals surface area contributed by atoms with Crippen LogP contribution in [0.2, 0.25) is 5.02 Å². The van der Waals surface area contributed by atoms with Crippen molar-refractivity contribution in [1.82, 2.24) is 4.90 Å². The van der Waals surface area contributed by atoms with E-state index in [1.807, 2.05) is 43.3 Å². The van der Waals surface area contributed by atoms with Crippen LogP contribution in [0.15, 0.2) is 42.5 Å². The first kappa shape index (κ1) is 18.2. The fourth-order valence-corrected chi connectivity index (χ4v) is 3.26. The first-order chi connectivity index (χ1) is 12.2. The van der Waals surface area contributed by atoms with Gasteiger partial charge in [-0.25, -0.2) is 0 Å². The van der Waals surface area contributed by atoms with E-state index in [-0.39, 0.29) is 12.7 Å². The van der Waals surface area contributed by atoms with Gasteiger partial charge in [0.25, 0.3) is 0 Å². The highest BCUT2D eigenvalue weighted by atomic mass is 35.5. The number of ether oxygens (including phenoxy) is 2. The average molecular weight is 362 g/mol. The lowest BCUT2D eigenvalue weighted by Gasteiger charge is -2.33. The highest BCUT2D eigenvalue weighted by Gasteiger charge is 2.22. The third-order valence-corrected chi connectivity index (χ3v) is 4.65. The van der Waals surface area contributed by atoms with Crippen LogP contribution >= 0.6 is 11.6 Å². The standard InChI is InChI=1S/C20H24ClNO3/c1-2-24-19-8-3-15(11-17(19)14-23)12-22-9-10-25-20(13-22)16-4-6-18(21)7-5-16/h3-8,11,20,23H,2,9-10,12-14H2,1H3. The molecule has 1 unspecified atom stereocenters. The van der Waals surface area contributed by atoms with Crippen molar-refractivity contribution in [3.8, 4) is 5.75 Å². The molecule has 0 aliphatic carbocycles. The number of nitrogens with zero attached hydrogens (tertiary/aromatic N) is 1. The maximum absolute atomic E-state index is 9.56. The number of hydrogen-bond donors (Lipinski definition) is 1. The van der Waals surface area contributed by atoms with Gasteiger partial charge < -0.3 is 14.6 Å². The van der Waals surface area contributed by atoms with Gasteiger partial charge in [-0.15, -0.1) is 0 Å². The van der Waals surface area contributed by atoms with Crippen molar-refractivity contribution in [1.29, 1.82) is 0 Å². The van der Waals surface area contributed by atoms with Crippen LogP contribution in [0.5, 0.6) is 5.75 Å². The Labute approximate surface area is 153 Å². The number of morpholine rings is 1. The lowest BCUT2D eigenvalue weighted by molar-refractivity contribution is -0.0329. The molecule has 3 rings (SSSR count). The fourth-order valence-electron chi connectivity index (χ4n) is 3.13. The second kappa shape index (κ2) is 8.68. The van der Waals surface area contributed by atoms with Crippen LogP contribution in [-0.2, 0) is 17.9 Å². The molecule has 134 valence electrons. The van der Waals surface area contributed by atoms with Crippen LogP contribution in [-0.4, -0.2) is 36.3 Å². The zero-order valence-corrected chi connectivity index (χ0v) is 15.2. The molecule has 4 nitrogen and oxygen atoms in total. The zero-order chi connectivity index (χ0) is 17.6. The lowest BCUT2D eigenvalue weighted by Crippen LogP contribution is -2.37. The summed E-state index contributed by atoms with van der Waals surface area (Å²) in [6, 6.07) is 13.9. The molecule has 0 amide bonds. The van der Waals surface area contributed by atoms with Crippen molar-refractivity contribution in [3.63, 3.8) is 0 Å². The van der Waals surface area contributed by atoms with Crippen molar-refractivity contribution in [2.24, 2.45) is 0 Å². The summed E-state index contributed by atoms with van der Waals surface area (Å²) in [6.07, 6.45) is 0.0611. The molecular weight excluding hydrogens is 338 g/mol. The minimum atomic E-state index is -0.0142. The van der Waals surface area contributed by atoms with E-state index in [1.165, 1.54) is 5.56 Å². The van der Waals surface area contributed by atoms with Gasteiger partial charge in [-0.1, -0.05) is 29.8 Å². The molecule has 1 aliphatic heterocycles. The van der Waals surface area contributed by atoms with E-state index in [2.05, 4.69) is 11.0 Å². The smallest absolute Gasteiger partial charge is 0.124 e. The minimum absolute atomic E-state index is 0.0142. The number of aliphatic hydroxyl groups excluding tert-OH is 1. The summed E-state index contributed by atoms with van der Waals surface area (Å²) in [7, 11) is 0. The average Bonchev–Trinajstić information content (AvgIpc) is 2.64. The summed E-state index contributed by atoms with van der Waals surface area (Å²) in [5.41, 5.74) is 3.16. The Balaban J connectivity index is 1.67. The van der Waals surface area contributed by atoms with Gasteiger partial charge in [0.2, 0.25) is 0 Å². The summed E-state index contributed by atoms with van der Waals surface area (Å²) >= 11 is 5.97. The molecule has 2 aromatic rings. The van der Waals surface area contributed by atoms with E-state index in [1.54, 1.807) is 0 Å². The van der Waals surface area contributed by atoms with Crippen LogP contribution < -0.4 is 4.74 Å². The Bertz CT molecular complexity index is 690. The third-order valence-electron chi connectivity index (χ3n) is 4.39. The Hall–Kier alpha value is -1.59. The van der Waals surface area contributed by atoms with E-state index in [0.717, 1.165) is 41.5 Å². The molecule has 25 heavy (non-hydrogen) atoms. The summed E-state index contributed by atoms with van der Waals surface area (Å²) in [6.45, 7) is 5.79. The second-order valence-electron chi connectivity index (χ2n) is 6.18. The maximum Gasteiger partial charge on any atom is 0.124 e. The molecule has 0 saturated carbocycles. The van der Waals surface area contributed by atoms with Crippen molar-refractivity contribution in [2.75, 3.05) is 26.3 Å². The van der Waals surface area contributed by atoms with Gasteiger partial charge in [0.15, 0.2) is 0 Å². The summed E-state index contributed by atoms with van der Waals surface area (Å²) in [5.74, 6) is 0.759. The number of rotatable bonds is 6. The van der Waals surface area contributed by atoms with Crippen LogP contribution in [0.4, 0.5) is 0 Å². The van der Waals surface area contributed by atoms with Crippen molar-refractivity contribution in [2.45, 2.75) is 26.2 Å². The topological polar surface area (TPSA) is 41.9 Å². The van der Waals surface area contributed by atoms with Crippen molar-refractivity contribution >= 4 is 11.6 Å². The third kappa shape index (κ3) is 4.73. The Kier molecular flexibility index (Phi) is 6.32. The molecule has 0 aromatic heterocycles. The monoisotopic (exact) mass is 361 g/mol. The SMILES string of the molecule is CCOc1ccc(CN2CCOC(c3ccc(Cl)cc3)C2)cc1CO. The van der Waals surface area contributed by atoms with E-state index >= 15 is 0 Å². The number of aliphatic hydroxyl groups is 1. The highest BCUT2D eigenvalue weighted by molar-refractivity contribution is 6.30. The second-order valence-corrected chi connectivity index (χ2v) is 6.62. The molecule has 1 aliphatic rings. The molecule has 1 N–H and O–H groups in total. The Morgan fingerprint density at radius 2 is 2.04 bits per heavy atom. The summed E-state index contributed by atoms with van der Waals surface area (Å²) in [5, 5.41) is 10.3.